The predicted octanol–water partition coefficient (Wildman–Crippen LogP) is 2.83. The van der Waals surface area contributed by atoms with Crippen LogP contribution in [0, 0.1) is 22.9 Å². The summed E-state index contributed by atoms with van der Waals surface area (Å²) in [6.45, 7) is 1.68. The van der Waals surface area contributed by atoms with Gasteiger partial charge < -0.3 is 4.74 Å². The lowest BCUT2D eigenvalue weighted by molar-refractivity contribution is -0.387. The molecule has 0 saturated heterocycles. The van der Waals surface area contributed by atoms with Crippen LogP contribution in [0.15, 0.2) is 21.4 Å². The zero-order chi connectivity index (χ0) is 15.6. The Kier molecular flexibility index (Phi) is 4.48. The maximum atomic E-state index is 13.7. The number of nitrogens with zero attached hydrogens (tertiary/aromatic N) is 3. The third kappa shape index (κ3) is 3.34. The van der Waals surface area contributed by atoms with Gasteiger partial charge in [-0.25, -0.2) is 14.2 Å². The summed E-state index contributed by atoms with van der Waals surface area (Å²) >= 11 is 2.00. The summed E-state index contributed by atoms with van der Waals surface area (Å²) in [6, 6.07) is 1.78. The fraction of sp³-hybridized carbons (Fsp3) is 0.182. The zero-order valence-corrected chi connectivity index (χ0v) is 12.5. The first-order valence-electron chi connectivity index (χ1n) is 5.46. The standard InChI is InChI=1S/C11H8FN3O4S2/c1-5-13-11(21-14-5)20-9-3-6(10(16)19-2)7(12)4-8(9)15(17)18/h3-4H,1-2H3. The Balaban J connectivity index is 2.50. The van der Waals surface area contributed by atoms with Crippen LogP contribution in [0.2, 0.25) is 0 Å². The van der Waals surface area contributed by atoms with Gasteiger partial charge in [0.25, 0.3) is 5.69 Å². The van der Waals surface area contributed by atoms with Gasteiger partial charge in [0.1, 0.15) is 11.6 Å². The number of ether oxygens (including phenoxy) is 1. The molecule has 10 heteroatoms. The van der Waals surface area contributed by atoms with Crippen molar-refractivity contribution >= 4 is 35.0 Å². The molecule has 0 atom stereocenters. The van der Waals surface area contributed by atoms with Crippen LogP contribution in [-0.4, -0.2) is 27.4 Å². The van der Waals surface area contributed by atoms with Crippen LogP contribution in [0.25, 0.3) is 0 Å². The van der Waals surface area contributed by atoms with Gasteiger partial charge >= 0.3 is 5.97 Å². The van der Waals surface area contributed by atoms with Crippen LogP contribution >= 0.6 is 23.3 Å². The predicted molar refractivity (Wildman–Crippen MR) is 73.2 cm³/mol. The average Bonchev–Trinajstić information content (AvgIpc) is 2.84. The lowest BCUT2D eigenvalue weighted by Crippen LogP contribution is -2.06. The van der Waals surface area contributed by atoms with Crippen molar-refractivity contribution in [3.8, 4) is 0 Å². The Hall–Kier alpha value is -2.07. The van der Waals surface area contributed by atoms with Gasteiger partial charge in [0, 0.05) is 0 Å². The Bertz CT molecular complexity index is 719. The van der Waals surface area contributed by atoms with Crippen LogP contribution < -0.4 is 0 Å². The summed E-state index contributed by atoms with van der Waals surface area (Å²) in [5.74, 6) is -1.38. The van der Waals surface area contributed by atoms with Crippen LogP contribution in [0.4, 0.5) is 10.1 Å². The molecule has 0 fully saturated rings. The van der Waals surface area contributed by atoms with E-state index >= 15 is 0 Å². The molecule has 1 aromatic heterocycles. The number of rotatable bonds is 4. The van der Waals surface area contributed by atoms with Crippen molar-refractivity contribution in [3.05, 3.63) is 39.5 Å². The monoisotopic (exact) mass is 329 g/mol. The zero-order valence-electron chi connectivity index (χ0n) is 10.8. The van der Waals surface area contributed by atoms with E-state index < -0.39 is 22.4 Å². The van der Waals surface area contributed by atoms with Crippen LogP contribution in [-0.2, 0) is 4.74 Å². The number of hydrogen-bond donors (Lipinski definition) is 0. The molecule has 0 bridgehead atoms. The molecule has 0 aliphatic rings. The second-order valence-electron chi connectivity index (χ2n) is 3.76. The highest BCUT2D eigenvalue weighted by Gasteiger charge is 2.23. The molecule has 21 heavy (non-hydrogen) atoms. The molecule has 0 radical (unpaired) electrons. The first-order valence-corrected chi connectivity index (χ1v) is 7.05. The minimum Gasteiger partial charge on any atom is -0.465 e. The molecule has 2 rings (SSSR count). The number of carbonyl (C=O) groups is 1. The van der Waals surface area contributed by atoms with Crippen molar-refractivity contribution in [2.45, 2.75) is 16.2 Å². The third-order valence-electron chi connectivity index (χ3n) is 2.36. The number of benzene rings is 1. The van der Waals surface area contributed by atoms with E-state index in [9.17, 15) is 19.3 Å². The number of halogens is 1. The molecule has 2 aromatic rings. The Morgan fingerprint density at radius 2 is 2.24 bits per heavy atom. The minimum atomic E-state index is -1.01. The maximum absolute atomic E-state index is 13.7. The highest BCUT2D eigenvalue weighted by molar-refractivity contribution is 8.01. The summed E-state index contributed by atoms with van der Waals surface area (Å²) in [5, 5.41) is 11.0. The van der Waals surface area contributed by atoms with E-state index in [1.807, 2.05) is 0 Å². The number of hydrogen-bond acceptors (Lipinski definition) is 8. The van der Waals surface area contributed by atoms with Crippen molar-refractivity contribution in [3.63, 3.8) is 0 Å². The van der Waals surface area contributed by atoms with Crippen LogP contribution in [0.5, 0.6) is 0 Å². The maximum Gasteiger partial charge on any atom is 0.340 e. The Labute approximate surface area is 126 Å². The van der Waals surface area contributed by atoms with Gasteiger partial charge in [-0.15, -0.1) is 0 Å². The molecular formula is C11H8FN3O4S2. The molecule has 1 aromatic carbocycles. The normalized spacial score (nSPS) is 10.4. The van der Waals surface area contributed by atoms with E-state index in [2.05, 4.69) is 14.1 Å². The molecular weight excluding hydrogens is 321 g/mol. The molecule has 0 aliphatic carbocycles. The van der Waals surface area contributed by atoms with Gasteiger partial charge in [-0.1, -0.05) is 11.8 Å². The lowest BCUT2D eigenvalue weighted by atomic mass is 10.2. The summed E-state index contributed by atoms with van der Waals surface area (Å²) in [7, 11) is 1.10. The molecule has 0 unspecified atom stereocenters. The molecule has 0 saturated carbocycles. The van der Waals surface area contributed by atoms with Crippen molar-refractivity contribution in [1.29, 1.82) is 0 Å². The third-order valence-corrected chi connectivity index (χ3v) is 4.25. The first kappa shape index (κ1) is 15.3. The number of esters is 1. The van der Waals surface area contributed by atoms with Crippen LogP contribution in [0.3, 0.4) is 0 Å². The van der Waals surface area contributed by atoms with Crippen LogP contribution in [0.1, 0.15) is 16.2 Å². The second kappa shape index (κ2) is 6.14. The Morgan fingerprint density at radius 3 is 2.76 bits per heavy atom. The smallest absolute Gasteiger partial charge is 0.340 e. The van der Waals surface area contributed by atoms with E-state index in [0.717, 1.165) is 36.5 Å². The van der Waals surface area contributed by atoms with Gasteiger partial charge in [0.05, 0.1) is 28.6 Å². The van der Waals surface area contributed by atoms with Crippen molar-refractivity contribution in [2.75, 3.05) is 7.11 Å². The number of aryl methyl sites for hydroxylation is 1. The summed E-state index contributed by atoms with van der Waals surface area (Å²) in [5.41, 5.74) is -0.815. The Morgan fingerprint density at radius 1 is 1.52 bits per heavy atom. The summed E-state index contributed by atoms with van der Waals surface area (Å²) < 4.78 is 22.6. The van der Waals surface area contributed by atoms with E-state index in [1.54, 1.807) is 6.92 Å². The van der Waals surface area contributed by atoms with Gasteiger partial charge in [-0.3, -0.25) is 10.1 Å². The molecule has 110 valence electrons. The highest BCUT2D eigenvalue weighted by atomic mass is 32.2. The van der Waals surface area contributed by atoms with Gasteiger partial charge in [0.2, 0.25) is 0 Å². The molecule has 0 amide bonds. The number of methoxy groups -OCH3 is 1. The van der Waals surface area contributed by atoms with E-state index in [-0.39, 0.29) is 10.5 Å². The van der Waals surface area contributed by atoms with Gasteiger partial charge in [-0.2, -0.15) is 4.37 Å². The topological polar surface area (TPSA) is 95.2 Å². The quantitative estimate of drug-likeness (QED) is 0.483. The molecule has 1 heterocycles. The van der Waals surface area contributed by atoms with Gasteiger partial charge in [-0.05, 0) is 24.5 Å². The number of nitro benzene ring substituents is 1. The fourth-order valence-electron chi connectivity index (χ4n) is 1.45. The molecule has 0 spiro atoms. The largest absolute Gasteiger partial charge is 0.465 e. The first-order chi connectivity index (χ1) is 9.92. The average molecular weight is 329 g/mol. The fourth-order valence-corrected chi connectivity index (χ4v) is 3.18. The lowest BCUT2D eigenvalue weighted by Gasteiger charge is -2.05. The SMILES string of the molecule is COC(=O)c1cc(Sc2nc(C)ns2)c([N+](=O)[O-])cc1F. The summed E-state index contributed by atoms with van der Waals surface area (Å²) in [6.07, 6.45) is 0. The van der Waals surface area contributed by atoms with Crippen molar-refractivity contribution < 1.29 is 18.8 Å². The minimum absolute atomic E-state index is 0.0953. The molecule has 0 N–H and O–H groups in total. The van der Waals surface area contributed by atoms with Gasteiger partial charge in [0.15, 0.2) is 4.34 Å². The summed E-state index contributed by atoms with van der Waals surface area (Å²) in [4.78, 5) is 25.9. The van der Waals surface area contributed by atoms with Crippen molar-refractivity contribution in [1.82, 2.24) is 9.36 Å². The van der Waals surface area contributed by atoms with E-state index in [0.29, 0.717) is 16.2 Å². The number of carbonyl (C=O) groups excluding carboxylic acids is 1. The second-order valence-corrected chi connectivity index (χ2v) is 5.80. The number of nitro groups is 1. The molecule has 0 aliphatic heterocycles. The number of aromatic nitrogens is 2. The molecule has 7 nitrogen and oxygen atoms in total. The van der Waals surface area contributed by atoms with E-state index in [1.165, 1.54) is 0 Å². The van der Waals surface area contributed by atoms with E-state index in [4.69, 9.17) is 0 Å². The highest BCUT2D eigenvalue weighted by Crippen LogP contribution is 2.37. The van der Waals surface area contributed by atoms with Crippen molar-refractivity contribution in [2.24, 2.45) is 0 Å².